The SMILES string of the molecule is CC1(C)CCC(NCC(=O)Nc2ccc(Cl)cc2)CC1. The highest BCUT2D eigenvalue weighted by molar-refractivity contribution is 6.30. The summed E-state index contributed by atoms with van der Waals surface area (Å²) in [6.45, 7) is 5.00. The van der Waals surface area contributed by atoms with Crippen molar-refractivity contribution in [3.8, 4) is 0 Å². The summed E-state index contributed by atoms with van der Waals surface area (Å²) in [6, 6.07) is 7.63. The van der Waals surface area contributed by atoms with Gasteiger partial charge in [0, 0.05) is 16.8 Å². The van der Waals surface area contributed by atoms with Gasteiger partial charge in [0.2, 0.25) is 5.91 Å². The maximum atomic E-state index is 11.9. The number of halogens is 1. The van der Waals surface area contributed by atoms with E-state index in [4.69, 9.17) is 11.6 Å². The molecule has 1 aromatic rings. The summed E-state index contributed by atoms with van der Waals surface area (Å²) in [5, 5.41) is 6.89. The van der Waals surface area contributed by atoms with Gasteiger partial charge < -0.3 is 10.6 Å². The summed E-state index contributed by atoms with van der Waals surface area (Å²) in [7, 11) is 0. The fourth-order valence-corrected chi connectivity index (χ4v) is 2.70. The number of carbonyl (C=O) groups is 1. The van der Waals surface area contributed by atoms with Crippen LogP contribution in [0.2, 0.25) is 5.02 Å². The molecule has 2 rings (SSSR count). The monoisotopic (exact) mass is 294 g/mol. The first-order valence-electron chi connectivity index (χ1n) is 7.23. The Hall–Kier alpha value is -1.06. The highest BCUT2D eigenvalue weighted by Gasteiger charge is 2.26. The topological polar surface area (TPSA) is 41.1 Å². The van der Waals surface area contributed by atoms with E-state index in [1.807, 2.05) is 12.1 Å². The van der Waals surface area contributed by atoms with Gasteiger partial charge in [-0.15, -0.1) is 0 Å². The lowest BCUT2D eigenvalue weighted by Crippen LogP contribution is -2.39. The minimum atomic E-state index is -0.00263. The van der Waals surface area contributed by atoms with Crippen molar-refractivity contribution in [1.29, 1.82) is 0 Å². The van der Waals surface area contributed by atoms with Crippen LogP contribution in [0.4, 0.5) is 5.69 Å². The lowest BCUT2D eigenvalue weighted by molar-refractivity contribution is -0.115. The Balaban J connectivity index is 1.72. The zero-order valence-electron chi connectivity index (χ0n) is 12.2. The Kier molecular flexibility index (Phi) is 5.06. The maximum absolute atomic E-state index is 11.9. The van der Waals surface area contributed by atoms with E-state index in [1.54, 1.807) is 12.1 Å². The molecule has 0 unspecified atom stereocenters. The number of hydrogen-bond acceptors (Lipinski definition) is 2. The summed E-state index contributed by atoms with van der Waals surface area (Å²) in [5.41, 5.74) is 1.25. The average Bonchev–Trinajstić information content (AvgIpc) is 2.40. The van der Waals surface area contributed by atoms with Crippen LogP contribution in [0.5, 0.6) is 0 Å². The lowest BCUT2D eigenvalue weighted by Gasteiger charge is -2.34. The molecule has 1 aromatic carbocycles. The van der Waals surface area contributed by atoms with E-state index >= 15 is 0 Å². The molecule has 2 N–H and O–H groups in total. The Labute approximate surface area is 126 Å². The summed E-state index contributed by atoms with van der Waals surface area (Å²) in [6.07, 6.45) is 4.76. The number of rotatable bonds is 4. The third-order valence-electron chi connectivity index (χ3n) is 4.02. The number of benzene rings is 1. The molecule has 1 aliphatic carbocycles. The van der Waals surface area contributed by atoms with Crippen molar-refractivity contribution in [2.24, 2.45) is 5.41 Å². The maximum Gasteiger partial charge on any atom is 0.238 e. The van der Waals surface area contributed by atoms with Gasteiger partial charge in [-0.2, -0.15) is 0 Å². The summed E-state index contributed by atoms with van der Waals surface area (Å²) >= 11 is 5.81. The van der Waals surface area contributed by atoms with Gasteiger partial charge in [0.1, 0.15) is 0 Å². The van der Waals surface area contributed by atoms with Crippen molar-refractivity contribution in [3.05, 3.63) is 29.3 Å². The van der Waals surface area contributed by atoms with Crippen LogP contribution < -0.4 is 10.6 Å². The molecule has 1 aliphatic rings. The van der Waals surface area contributed by atoms with Crippen LogP contribution in [0.15, 0.2) is 24.3 Å². The van der Waals surface area contributed by atoms with Crippen molar-refractivity contribution in [2.45, 2.75) is 45.6 Å². The zero-order chi connectivity index (χ0) is 14.6. The molecule has 0 atom stereocenters. The molecule has 0 saturated heterocycles. The Morgan fingerprint density at radius 2 is 1.85 bits per heavy atom. The van der Waals surface area contributed by atoms with E-state index in [2.05, 4.69) is 24.5 Å². The second kappa shape index (κ2) is 6.59. The van der Waals surface area contributed by atoms with Crippen LogP contribution in [0, 0.1) is 5.41 Å². The number of hydrogen-bond donors (Lipinski definition) is 2. The molecule has 1 amide bonds. The number of anilines is 1. The van der Waals surface area contributed by atoms with Gasteiger partial charge >= 0.3 is 0 Å². The minimum absolute atomic E-state index is 0.00263. The first-order chi connectivity index (χ1) is 9.44. The summed E-state index contributed by atoms with van der Waals surface area (Å²) < 4.78 is 0. The lowest BCUT2D eigenvalue weighted by atomic mass is 9.75. The predicted octanol–water partition coefficient (Wildman–Crippen LogP) is 3.84. The molecule has 0 heterocycles. The predicted molar refractivity (Wildman–Crippen MR) is 84.1 cm³/mol. The van der Waals surface area contributed by atoms with E-state index in [0.717, 1.165) is 18.5 Å². The van der Waals surface area contributed by atoms with Crippen molar-refractivity contribution >= 4 is 23.2 Å². The van der Waals surface area contributed by atoms with E-state index in [1.165, 1.54) is 12.8 Å². The first kappa shape index (κ1) is 15.3. The number of carbonyl (C=O) groups excluding carboxylic acids is 1. The van der Waals surface area contributed by atoms with Crippen molar-refractivity contribution in [2.75, 3.05) is 11.9 Å². The number of amides is 1. The molecule has 3 nitrogen and oxygen atoms in total. The third-order valence-corrected chi connectivity index (χ3v) is 4.27. The van der Waals surface area contributed by atoms with E-state index in [-0.39, 0.29) is 5.91 Å². The van der Waals surface area contributed by atoms with Crippen LogP contribution in [0.25, 0.3) is 0 Å². The summed E-state index contributed by atoms with van der Waals surface area (Å²) in [5.74, 6) is -0.00263. The molecule has 0 aliphatic heterocycles. The zero-order valence-corrected chi connectivity index (χ0v) is 13.0. The van der Waals surface area contributed by atoms with Crippen LogP contribution in [-0.2, 0) is 4.79 Å². The van der Waals surface area contributed by atoms with Crippen molar-refractivity contribution < 1.29 is 4.79 Å². The molecular formula is C16H23ClN2O. The van der Waals surface area contributed by atoms with Gasteiger partial charge in [-0.3, -0.25) is 4.79 Å². The van der Waals surface area contributed by atoms with Gasteiger partial charge in [-0.25, -0.2) is 0 Å². The molecule has 1 saturated carbocycles. The van der Waals surface area contributed by atoms with Gasteiger partial charge in [0.05, 0.1) is 6.54 Å². The Bertz CT molecular complexity index is 446. The average molecular weight is 295 g/mol. The molecule has 20 heavy (non-hydrogen) atoms. The molecule has 0 radical (unpaired) electrons. The molecule has 0 aromatic heterocycles. The smallest absolute Gasteiger partial charge is 0.238 e. The Morgan fingerprint density at radius 1 is 1.25 bits per heavy atom. The van der Waals surface area contributed by atoms with Gasteiger partial charge in [0.15, 0.2) is 0 Å². The highest BCUT2D eigenvalue weighted by Crippen LogP contribution is 2.34. The fraction of sp³-hybridized carbons (Fsp3) is 0.562. The van der Waals surface area contributed by atoms with Crippen molar-refractivity contribution in [1.82, 2.24) is 5.32 Å². The fourth-order valence-electron chi connectivity index (χ4n) is 2.58. The molecular weight excluding hydrogens is 272 g/mol. The van der Waals surface area contributed by atoms with Crippen molar-refractivity contribution in [3.63, 3.8) is 0 Å². The van der Waals surface area contributed by atoms with E-state index in [0.29, 0.717) is 23.0 Å². The second-order valence-electron chi connectivity index (χ2n) is 6.37. The Morgan fingerprint density at radius 3 is 2.45 bits per heavy atom. The summed E-state index contributed by atoms with van der Waals surface area (Å²) in [4.78, 5) is 11.9. The van der Waals surface area contributed by atoms with E-state index in [9.17, 15) is 4.79 Å². The van der Waals surface area contributed by atoms with Crippen LogP contribution in [0.3, 0.4) is 0 Å². The van der Waals surface area contributed by atoms with Gasteiger partial charge in [-0.1, -0.05) is 25.4 Å². The van der Waals surface area contributed by atoms with Gasteiger partial charge in [-0.05, 0) is 55.4 Å². The molecule has 110 valence electrons. The van der Waals surface area contributed by atoms with Crippen LogP contribution in [0.1, 0.15) is 39.5 Å². The normalized spacial score (nSPS) is 18.8. The molecule has 0 spiro atoms. The standard InChI is InChI=1S/C16H23ClN2O/c1-16(2)9-7-13(8-10-16)18-11-15(20)19-14-5-3-12(17)4-6-14/h3-6,13,18H,7-11H2,1-2H3,(H,19,20). The number of nitrogens with one attached hydrogen (secondary N) is 2. The second-order valence-corrected chi connectivity index (χ2v) is 6.81. The minimum Gasteiger partial charge on any atom is -0.325 e. The van der Waals surface area contributed by atoms with Crippen LogP contribution in [-0.4, -0.2) is 18.5 Å². The third kappa shape index (κ3) is 4.80. The molecule has 0 bridgehead atoms. The van der Waals surface area contributed by atoms with Crippen LogP contribution >= 0.6 is 11.6 Å². The van der Waals surface area contributed by atoms with E-state index < -0.39 is 0 Å². The first-order valence-corrected chi connectivity index (χ1v) is 7.61. The quantitative estimate of drug-likeness (QED) is 0.886. The molecule has 1 fully saturated rings. The largest absolute Gasteiger partial charge is 0.325 e. The molecule has 4 heteroatoms. The highest BCUT2D eigenvalue weighted by atomic mass is 35.5. The van der Waals surface area contributed by atoms with Gasteiger partial charge in [0.25, 0.3) is 0 Å².